The molecular weight excluding hydrogens is 1540 g/mol. The Morgan fingerprint density at radius 1 is 0.448 bits per heavy atom. The predicted octanol–water partition coefficient (Wildman–Crippen LogP) is -5.12. The molecule has 4 aromatic carbocycles. The maximum atomic E-state index is 15.4. The highest BCUT2D eigenvalue weighted by Crippen LogP contribution is 2.25. The van der Waals surface area contributed by atoms with Crippen LogP contribution in [0, 0.1) is 0 Å². The molecule has 116 heavy (non-hydrogen) atoms. The third-order valence-electron chi connectivity index (χ3n) is 18.6. The van der Waals surface area contributed by atoms with Gasteiger partial charge < -0.3 is 118 Å². The minimum atomic E-state index is -1.96. The maximum Gasteiger partial charge on any atom is 0.245 e. The molecule has 16 atom stereocenters. The molecule has 1 aliphatic heterocycles. The average Bonchev–Trinajstić information content (AvgIpc) is 1.63. The van der Waals surface area contributed by atoms with Crippen LogP contribution in [0.1, 0.15) is 94.9 Å². The Hall–Kier alpha value is -11.1. The van der Waals surface area contributed by atoms with Gasteiger partial charge in [0.05, 0.1) is 31.3 Å². The van der Waals surface area contributed by atoms with Gasteiger partial charge in [0.1, 0.15) is 78.5 Å². The lowest BCUT2D eigenvalue weighted by atomic mass is 10.00. The van der Waals surface area contributed by atoms with Crippen molar-refractivity contribution >= 4 is 121 Å². The number of nitrogens with two attached hydrogens (primary N) is 5. The molecule has 1 saturated heterocycles. The Balaban J connectivity index is 1.48. The second-order valence-electron chi connectivity index (χ2n) is 28.1. The number of aliphatic hydroxyl groups excluding tert-OH is 3. The fraction of sp³-hybridized carbons (Fsp3) is 0.468. The van der Waals surface area contributed by atoms with Crippen LogP contribution in [0.15, 0.2) is 121 Å². The number of unbranched alkanes of at least 4 members (excludes halogenated alkanes) is 2. The molecule has 15 amide bonds. The summed E-state index contributed by atoms with van der Waals surface area (Å²) in [7, 11) is 1.63. The second kappa shape index (κ2) is 47.7. The molecule has 0 radical (unpaired) electrons. The average molecular weight is 1650 g/mol. The molecule has 39 heteroatoms. The summed E-state index contributed by atoms with van der Waals surface area (Å²) in [6, 6.07) is 8.70. The number of para-hydroxylation sites is 1. The molecule has 0 unspecified atom stereocenters. The number of H-pyrrole nitrogens is 1. The van der Waals surface area contributed by atoms with Gasteiger partial charge in [-0.3, -0.25) is 71.9 Å². The van der Waals surface area contributed by atoms with Crippen molar-refractivity contribution in [3.63, 3.8) is 0 Å². The Bertz CT molecular complexity index is 4170. The van der Waals surface area contributed by atoms with E-state index in [1.807, 2.05) is 0 Å². The molecular formula is C77H107N19O18S2. The largest absolute Gasteiger partial charge is 0.394 e. The van der Waals surface area contributed by atoms with Crippen molar-refractivity contribution in [1.29, 1.82) is 0 Å². The van der Waals surface area contributed by atoms with Crippen LogP contribution in [-0.2, 0) is 97.6 Å². The van der Waals surface area contributed by atoms with E-state index in [4.69, 9.17) is 28.7 Å². The topological polar surface area (TPSA) is 619 Å². The first-order valence-corrected chi connectivity index (χ1v) is 40.4. The van der Waals surface area contributed by atoms with E-state index in [1.165, 1.54) is 13.8 Å². The molecule has 1 fully saturated rings. The lowest BCUT2D eigenvalue weighted by Crippen LogP contribution is -2.63. The first kappa shape index (κ1) is 93.8. The summed E-state index contributed by atoms with van der Waals surface area (Å²) >= 11 is 0. The third kappa shape index (κ3) is 30.3. The van der Waals surface area contributed by atoms with E-state index in [-0.39, 0.29) is 70.9 Å². The number of hydrogen-bond acceptors (Lipinski definition) is 23. The smallest absolute Gasteiger partial charge is 0.245 e. The summed E-state index contributed by atoms with van der Waals surface area (Å²) in [6.07, 6.45) is -3.38. The Labute approximate surface area is 677 Å². The number of aromatic amines is 1. The fourth-order valence-electron chi connectivity index (χ4n) is 12.1. The highest BCUT2D eigenvalue weighted by atomic mass is 33.1. The van der Waals surface area contributed by atoms with Crippen LogP contribution >= 0.6 is 21.6 Å². The zero-order chi connectivity index (χ0) is 85.1. The molecule has 630 valence electrons. The normalized spacial score (nSPS) is 23.9. The van der Waals surface area contributed by atoms with Crippen LogP contribution in [0.4, 0.5) is 0 Å². The van der Waals surface area contributed by atoms with E-state index in [9.17, 15) is 72.9 Å². The zero-order valence-corrected chi connectivity index (χ0v) is 66.4. The maximum absolute atomic E-state index is 15.4. The molecule has 37 nitrogen and oxygen atoms in total. The van der Waals surface area contributed by atoms with Crippen molar-refractivity contribution in [2.24, 2.45) is 28.7 Å². The zero-order valence-electron chi connectivity index (χ0n) is 64.8. The molecule has 0 spiro atoms. The lowest BCUT2D eigenvalue weighted by Gasteiger charge is -2.29. The summed E-state index contributed by atoms with van der Waals surface area (Å²) in [5.74, 6) is -16.8. The SMILES string of the molecule is C[C@H](N)C(=O)N[C@@H](C)C(=O)N[C@H]1CSSC[C@@H](C(N)=O)NC(=O)[C@H](CO)NC(=O)[C@H]([C@@H](C)O)NC(=O)[C@H](Cc2ccccc2)NC(=O)[C@H]([C@@H](C)O)NC(=O)[C@H](CCCCN)NC(=O)[C@H](Cc2c[nH]c3ccccc23)NC(=O)[C@H](Cc2ccccc2)NC(=O)[C@H](Cc2ccccc2)NC(=O)[C@H](CC(N)=O)NC(=O)[C@H](CCCCN)NC1=O. The van der Waals surface area contributed by atoms with Crippen LogP contribution in [0.25, 0.3) is 10.9 Å². The van der Waals surface area contributed by atoms with Crippen LogP contribution in [0.3, 0.4) is 0 Å². The molecule has 1 aliphatic rings. The fourth-order valence-corrected chi connectivity index (χ4v) is 14.4. The summed E-state index contributed by atoms with van der Waals surface area (Å²) in [6.45, 7) is 3.98. The summed E-state index contributed by atoms with van der Waals surface area (Å²) in [5, 5.41) is 66.3. The number of hydrogen-bond donors (Lipinski definition) is 22. The van der Waals surface area contributed by atoms with E-state index >= 15 is 14.4 Å². The standard InChI is InChI=1S/C77H107N19O18S2/c1-41(80)65(102)84-42(2)66(103)94-60-40-116-115-39-59(64(82)101)93-74(111)58(38-97)92-77(114)63(44(4)99)96-73(110)55(34-47-24-12-7-13-25-47)91-76(113)62(43(3)98)95-68(105)52(29-17-19-31-79)85-71(108)56(35-48-37-83-50-27-15-14-26-49(48)50)89-70(107)54(33-46-22-10-6-11-23-46)87-69(106)53(32-45-20-8-5-9-21-45)88-72(109)57(36-61(81)100)90-67(104)51(86-75(60)112)28-16-18-30-78/h5-15,20-27,37,41-44,51-60,62-63,83,97-99H,16-19,28-36,38-40,78-80H2,1-4H3,(H2,81,100)(H2,82,101)(H,84,102)(H,85,108)(H,86,112)(H,87,106)(H,88,109)(H,89,107)(H,90,104)(H,91,113)(H,92,114)(H,93,111)(H,94,103)(H,95,105)(H,96,110)/t41-,42-,43+,44+,51-,52-,53-,54-,55-,56-,57-,58-,59-,60-,62-,63-/m0/s1. The van der Waals surface area contributed by atoms with Crippen molar-refractivity contribution in [3.8, 4) is 0 Å². The quantitative estimate of drug-likeness (QED) is 0.0182. The van der Waals surface area contributed by atoms with Gasteiger partial charge in [-0.2, -0.15) is 0 Å². The van der Waals surface area contributed by atoms with Gasteiger partial charge in [-0.1, -0.05) is 131 Å². The van der Waals surface area contributed by atoms with Crippen molar-refractivity contribution in [2.45, 2.75) is 195 Å². The van der Waals surface area contributed by atoms with Gasteiger partial charge in [-0.05, 0) is 108 Å². The van der Waals surface area contributed by atoms with Gasteiger partial charge in [0, 0.05) is 54.3 Å². The van der Waals surface area contributed by atoms with Crippen molar-refractivity contribution in [2.75, 3.05) is 31.2 Å². The molecule has 0 saturated carbocycles. The number of rotatable bonds is 26. The van der Waals surface area contributed by atoms with Gasteiger partial charge in [0.25, 0.3) is 0 Å². The number of aliphatic hydroxyl groups is 3. The van der Waals surface area contributed by atoms with Crippen molar-refractivity contribution in [3.05, 3.63) is 144 Å². The van der Waals surface area contributed by atoms with Gasteiger partial charge in [-0.15, -0.1) is 0 Å². The number of amides is 15. The second-order valence-corrected chi connectivity index (χ2v) is 30.7. The summed E-state index contributed by atoms with van der Waals surface area (Å²) in [5.41, 5.74) is 31.5. The van der Waals surface area contributed by atoms with Gasteiger partial charge >= 0.3 is 0 Å². The van der Waals surface area contributed by atoms with Crippen LogP contribution in [-0.4, -0.2) is 237 Å². The molecule has 5 aromatic rings. The van der Waals surface area contributed by atoms with Crippen molar-refractivity contribution in [1.82, 2.24) is 74.1 Å². The first-order valence-electron chi connectivity index (χ1n) is 37.9. The lowest BCUT2D eigenvalue weighted by molar-refractivity contribution is -0.138. The Kier molecular flexibility index (Phi) is 38.6. The van der Waals surface area contributed by atoms with E-state index in [0.717, 1.165) is 35.4 Å². The number of benzene rings is 4. The highest BCUT2D eigenvalue weighted by molar-refractivity contribution is 8.76. The third-order valence-corrected chi connectivity index (χ3v) is 21.1. The predicted molar refractivity (Wildman–Crippen MR) is 431 cm³/mol. The number of carbonyl (C=O) groups excluding carboxylic acids is 15. The van der Waals surface area contributed by atoms with Crippen LogP contribution < -0.4 is 97.8 Å². The van der Waals surface area contributed by atoms with E-state index in [1.54, 1.807) is 121 Å². The number of carbonyl (C=O) groups is 15. The first-order chi connectivity index (χ1) is 55.3. The minimum absolute atomic E-state index is 0.111. The highest BCUT2D eigenvalue weighted by Gasteiger charge is 2.40. The monoisotopic (exact) mass is 1650 g/mol. The van der Waals surface area contributed by atoms with Gasteiger partial charge in [0.15, 0.2) is 0 Å². The van der Waals surface area contributed by atoms with Crippen LogP contribution in [0.5, 0.6) is 0 Å². The minimum Gasteiger partial charge on any atom is -0.394 e. The Morgan fingerprint density at radius 3 is 1.28 bits per heavy atom. The molecule has 27 N–H and O–H groups in total. The Morgan fingerprint density at radius 2 is 0.828 bits per heavy atom. The van der Waals surface area contributed by atoms with E-state index in [0.29, 0.717) is 39.6 Å². The summed E-state index contributed by atoms with van der Waals surface area (Å²) < 4.78 is 0. The molecule has 0 bridgehead atoms. The number of aromatic nitrogens is 1. The molecule has 1 aromatic heterocycles. The summed E-state index contributed by atoms with van der Waals surface area (Å²) in [4.78, 5) is 218. The van der Waals surface area contributed by atoms with Crippen LogP contribution in [0.2, 0.25) is 0 Å². The van der Waals surface area contributed by atoms with Crippen molar-refractivity contribution < 1.29 is 87.2 Å². The molecule has 6 rings (SSSR count). The number of fused-ring (bicyclic) bond motifs is 1. The van der Waals surface area contributed by atoms with E-state index < -0.39 is 210 Å². The molecule has 0 aliphatic carbocycles. The molecule has 2 heterocycles. The number of nitrogens with one attached hydrogen (secondary N) is 14. The number of primary amides is 2. The van der Waals surface area contributed by atoms with Gasteiger partial charge in [0.2, 0.25) is 88.6 Å². The van der Waals surface area contributed by atoms with E-state index in [2.05, 4.69) is 74.1 Å². The van der Waals surface area contributed by atoms with Gasteiger partial charge in [-0.25, -0.2) is 0 Å².